The average Bonchev–Trinajstić information content (AvgIpc) is 2.08. The molecule has 0 aromatic rings. The maximum Gasteiger partial charge on any atom is 0.411 e. The number of hydrogen-bond donors (Lipinski definition) is 1. The Morgan fingerprint density at radius 3 is 2.31 bits per heavy atom. The molecule has 0 aromatic carbocycles. The molecule has 0 radical (unpaired) electrons. The highest BCUT2D eigenvalue weighted by molar-refractivity contribution is 7.91. The average molecular weight is 263 g/mol. The van der Waals surface area contributed by atoms with Crippen molar-refractivity contribution in [1.82, 2.24) is 0 Å². The summed E-state index contributed by atoms with van der Waals surface area (Å²) in [6, 6.07) is -0.245. The lowest BCUT2D eigenvalue weighted by molar-refractivity contribution is -0.172. The van der Waals surface area contributed by atoms with Gasteiger partial charge in [0.25, 0.3) is 0 Å². The Morgan fingerprint density at radius 2 is 1.88 bits per heavy atom. The summed E-state index contributed by atoms with van der Waals surface area (Å²) in [7, 11) is -3.37. The van der Waals surface area contributed by atoms with Crippen molar-refractivity contribution in [2.75, 3.05) is 24.7 Å². The molecule has 0 saturated heterocycles. The molecule has 4 nitrogen and oxygen atoms in total. The van der Waals surface area contributed by atoms with Gasteiger partial charge in [0.1, 0.15) is 6.61 Å². The van der Waals surface area contributed by atoms with Gasteiger partial charge in [-0.25, -0.2) is 8.42 Å². The quantitative estimate of drug-likeness (QED) is 0.687. The largest absolute Gasteiger partial charge is 0.411 e. The molecule has 0 bridgehead atoms. The molecule has 0 fully saturated rings. The molecule has 8 heteroatoms. The molecule has 1 unspecified atom stereocenters. The SMILES string of the molecule is CC(N)CCS(=O)(=O)CCOCC(F)(F)F. The monoisotopic (exact) mass is 263 g/mol. The van der Waals surface area contributed by atoms with Gasteiger partial charge in [0.15, 0.2) is 9.84 Å². The Kier molecular flexibility index (Phi) is 6.27. The molecule has 0 aliphatic carbocycles. The molecular formula is C8H16F3NO3S. The lowest BCUT2D eigenvalue weighted by atomic mass is 10.3. The second-order valence-electron chi connectivity index (χ2n) is 3.59. The maximum atomic E-state index is 11.6. The normalized spacial score (nSPS) is 15.1. The van der Waals surface area contributed by atoms with E-state index in [1.54, 1.807) is 6.92 Å². The van der Waals surface area contributed by atoms with E-state index in [1.807, 2.05) is 0 Å². The van der Waals surface area contributed by atoms with Gasteiger partial charge < -0.3 is 10.5 Å². The first-order valence-corrected chi connectivity index (χ1v) is 6.55. The van der Waals surface area contributed by atoms with Crippen molar-refractivity contribution in [3.05, 3.63) is 0 Å². The van der Waals surface area contributed by atoms with E-state index in [2.05, 4.69) is 4.74 Å². The third-order valence-corrected chi connectivity index (χ3v) is 3.33. The van der Waals surface area contributed by atoms with Crippen molar-refractivity contribution in [2.24, 2.45) is 5.73 Å². The van der Waals surface area contributed by atoms with Crippen LogP contribution in [0.1, 0.15) is 13.3 Å². The third kappa shape index (κ3) is 10.2. The van der Waals surface area contributed by atoms with E-state index < -0.39 is 35.0 Å². The number of rotatable bonds is 7. The van der Waals surface area contributed by atoms with E-state index in [0.29, 0.717) is 6.42 Å². The van der Waals surface area contributed by atoms with Crippen molar-refractivity contribution in [3.8, 4) is 0 Å². The molecule has 0 aromatic heterocycles. The molecule has 98 valence electrons. The topological polar surface area (TPSA) is 69.4 Å². The summed E-state index contributed by atoms with van der Waals surface area (Å²) >= 11 is 0. The fourth-order valence-corrected chi connectivity index (χ4v) is 2.15. The van der Waals surface area contributed by atoms with Crippen molar-refractivity contribution in [1.29, 1.82) is 0 Å². The third-order valence-electron chi connectivity index (χ3n) is 1.69. The Hall–Kier alpha value is -0.340. The molecule has 1 atom stereocenters. The summed E-state index contributed by atoms with van der Waals surface area (Å²) in [5.74, 6) is -0.532. The lowest BCUT2D eigenvalue weighted by Crippen LogP contribution is -2.24. The minimum atomic E-state index is -4.42. The summed E-state index contributed by atoms with van der Waals surface area (Å²) in [5, 5.41) is 0. The zero-order valence-corrected chi connectivity index (χ0v) is 9.77. The molecule has 2 N–H and O–H groups in total. The molecular weight excluding hydrogens is 247 g/mol. The van der Waals surface area contributed by atoms with Gasteiger partial charge in [-0.1, -0.05) is 0 Å². The first-order chi connectivity index (χ1) is 7.12. The minimum Gasteiger partial charge on any atom is -0.371 e. The Balaban J connectivity index is 3.75. The van der Waals surface area contributed by atoms with Crippen molar-refractivity contribution in [2.45, 2.75) is 25.6 Å². The second kappa shape index (κ2) is 6.41. The first kappa shape index (κ1) is 15.7. The van der Waals surface area contributed by atoms with E-state index in [4.69, 9.17) is 5.73 Å². The van der Waals surface area contributed by atoms with Crippen LogP contribution in [0.25, 0.3) is 0 Å². The number of sulfone groups is 1. The van der Waals surface area contributed by atoms with Crippen LogP contribution < -0.4 is 5.73 Å². The highest BCUT2D eigenvalue weighted by Gasteiger charge is 2.27. The maximum absolute atomic E-state index is 11.6. The van der Waals surface area contributed by atoms with E-state index in [-0.39, 0.29) is 11.8 Å². The predicted octanol–water partition coefficient (Wildman–Crippen LogP) is 0.717. The second-order valence-corrected chi connectivity index (χ2v) is 5.89. The van der Waals surface area contributed by atoms with E-state index in [0.717, 1.165) is 0 Å². The lowest BCUT2D eigenvalue weighted by Gasteiger charge is -2.09. The number of alkyl halides is 3. The number of nitrogens with two attached hydrogens (primary N) is 1. The van der Waals surface area contributed by atoms with Crippen LogP contribution in [-0.2, 0) is 14.6 Å². The molecule has 0 aliphatic heterocycles. The number of ether oxygens (including phenoxy) is 1. The fraction of sp³-hybridized carbons (Fsp3) is 1.00. The van der Waals surface area contributed by atoms with Crippen LogP contribution in [0.5, 0.6) is 0 Å². The van der Waals surface area contributed by atoms with Crippen molar-refractivity contribution in [3.63, 3.8) is 0 Å². The van der Waals surface area contributed by atoms with Gasteiger partial charge in [0.05, 0.1) is 18.1 Å². The standard InChI is InChI=1S/C8H16F3NO3S/c1-7(12)2-4-16(13,14)5-3-15-6-8(9,10)11/h7H,2-6,12H2,1H3. The Morgan fingerprint density at radius 1 is 1.31 bits per heavy atom. The molecule has 0 aliphatic rings. The van der Waals surface area contributed by atoms with Gasteiger partial charge in [-0.05, 0) is 13.3 Å². The van der Waals surface area contributed by atoms with Crippen molar-refractivity contribution < 1.29 is 26.3 Å². The van der Waals surface area contributed by atoms with Crippen molar-refractivity contribution >= 4 is 9.84 Å². The highest BCUT2D eigenvalue weighted by atomic mass is 32.2. The van der Waals surface area contributed by atoms with Crippen LogP contribution in [-0.4, -0.2) is 45.4 Å². The molecule has 0 spiro atoms. The summed E-state index contributed by atoms with van der Waals surface area (Å²) in [6.45, 7) is -0.202. The number of hydrogen-bond acceptors (Lipinski definition) is 4. The zero-order valence-electron chi connectivity index (χ0n) is 8.96. The van der Waals surface area contributed by atoms with Gasteiger partial charge in [-0.3, -0.25) is 0 Å². The van der Waals surface area contributed by atoms with E-state index in [1.165, 1.54) is 0 Å². The predicted molar refractivity (Wildman–Crippen MR) is 53.8 cm³/mol. The van der Waals surface area contributed by atoms with Crippen LogP contribution in [0.3, 0.4) is 0 Å². The summed E-state index contributed by atoms with van der Waals surface area (Å²) < 4.78 is 61.6. The summed E-state index contributed by atoms with van der Waals surface area (Å²) in [5.41, 5.74) is 5.37. The summed E-state index contributed by atoms with van der Waals surface area (Å²) in [4.78, 5) is 0. The van der Waals surface area contributed by atoms with Gasteiger partial charge in [0, 0.05) is 6.04 Å². The van der Waals surface area contributed by atoms with Gasteiger partial charge >= 0.3 is 6.18 Å². The molecule has 0 amide bonds. The van der Waals surface area contributed by atoms with Crippen LogP contribution in [0.4, 0.5) is 13.2 Å². The van der Waals surface area contributed by atoms with Crippen LogP contribution in [0, 0.1) is 0 Å². The van der Waals surface area contributed by atoms with Gasteiger partial charge in [0.2, 0.25) is 0 Å². The molecule has 0 rings (SSSR count). The zero-order chi connectivity index (χ0) is 12.8. The number of halogens is 3. The minimum absolute atomic E-state index is 0.125. The Labute approximate surface area is 92.9 Å². The van der Waals surface area contributed by atoms with E-state index in [9.17, 15) is 21.6 Å². The van der Waals surface area contributed by atoms with Gasteiger partial charge in [-0.15, -0.1) is 0 Å². The molecule has 16 heavy (non-hydrogen) atoms. The van der Waals surface area contributed by atoms with Crippen LogP contribution in [0.15, 0.2) is 0 Å². The van der Waals surface area contributed by atoms with E-state index >= 15 is 0 Å². The van der Waals surface area contributed by atoms with Crippen LogP contribution in [0.2, 0.25) is 0 Å². The first-order valence-electron chi connectivity index (χ1n) is 4.73. The molecule has 0 saturated carbocycles. The summed E-state index contributed by atoms with van der Waals surface area (Å²) in [6.07, 6.45) is -4.13. The molecule has 0 heterocycles. The van der Waals surface area contributed by atoms with Crippen LogP contribution >= 0.6 is 0 Å². The Bertz CT molecular complexity index is 287. The van der Waals surface area contributed by atoms with Gasteiger partial charge in [-0.2, -0.15) is 13.2 Å². The fourth-order valence-electron chi connectivity index (χ4n) is 0.841. The highest BCUT2D eigenvalue weighted by Crippen LogP contribution is 2.14. The smallest absolute Gasteiger partial charge is 0.371 e.